The third kappa shape index (κ3) is 3.64. The first-order chi connectivity index (χ1) is 10.6. The summed E-state index contributed by atoms with van der Waals surface area (Å²) in [4.78, 5) is 11.9. The lowest BCUT2D eigenvalue weighted by Crippen LogP contribution is -2.42. The Bertz CT molecular complexity index is 840. The SMILES string of the molecule is CS(=O)(=O)Nc1ccc(C(O)(C(N)=O)c2ccccc2)c(Cl)c1. The molecule has 0 bridgehead atoms. The van der Waals surface area contributed by atoms with Gasteiger partial charge in [0, 0.05) is 16.3 Å². The van der Waals surface area contributed by atoms with Gasteiger partial charge in [-0.3, -0.25) is 9.52 Å². The van der Waals surface area contributed by atoms with Gasteiger partial charge in [0.25, 0.3) is 5.91 Å². The van der Waals surface area contributed by atoms with E-state index in [1.165, 1.54) is 18.2 Å². The van der Waals surface area contributed by atoms with Gasteiger partial charge in [-0.15, -0.1) is 0 Å². The van der Waals surface area contributed by atoms with E-state index in [2.05, 4.69) is 4.72 Å². The highest BCUT2D eigenvalue weighted by Gasteiger charge is 2.39. The molecule has 1 atom stereocenters. The van der Waals surface area contributed by atoms with E-state index in [-0.39, 0.29) is 21.8 Å². The molecule has 2 aromatic rings. The van der Waals surface area contributed by atoms with Crippen molar-refractivity contribution in [1.29, 1.82) is 0 Å². The van der Waals surface area contributed by atoms with Gasteiger partial charge in [-0.05, 0) is 17.7 Å². The summed E-state index contributed by atoms with van der Waals surface area (Å²) in [5, 5.41) is 10.8. The lowest BCUT2D eigenvalue weighted by atomic mass is 9.85. The molecule has 0 aliphatic heterocycles. The maximum atomic E-state index is 11.9. The Hall–Kier alpha value is -2.09. The Balaban J connectivity index is 2.56. The molecule has 0 fully saturated rings. The smallest absolute Gasteiger partial charge is 0.258 e. The molecule has 8 heteroatoms. The van der Waals surface area contributed by atoms with Crippen LogP contribution in [0, 0.1) is 0 Å². The molecule has 2 rings (SSSR count). The molecule has 1 amide bonds. The average molecular weight is 355 g/mol. The summed E-state index contributed by atoms with van der Waals surface area (Å²) in [6, 6.07) is 12.2. The minimum Gasteiger partial charge on any atom is -0.372 e. The second kappa shape index (κ2) is 6.19. The zero-order chi connectivity index (χ0) is 17.3. The number of carbonyl (C=O) groups is 1. The highest BCUT2D eigenvalue weighted by Crippen LogP contribution is 2.35. The standard InChI is InChI=1S/C15H15ClN2O4S/c1-23(21,22)18-11-7-8-12(13(16)9-11)15(20,14(17)19)10-5-3-2-4-6-10/h2-9,18,20H,1H3,(H2,17,19). The number of amides is 1. The topological polar surface area (TPSA) is 109 Å². The van der Waals surface area contributed by atoms with Gasteiger partial charge in [-0.25, -0.2) is 8.42 Å². The molecule has 0 heterocycles. The Labute approximate surface area is 138 Å². The van der Waals surface area contributed by atoms with Crippen molar-refractivity contribution in [2.75, 3.05) is 11.0 Å². The summed E-state index contributed by atoms with van der Waals surface area (Å²) in [6.07, 6.45) is 0.999. The predicted molar refractivity (Wildman–Crippen MR) is 88.6 cm³/mol. The fourth-order valence-electron chi connectivity index (χ4n) is 2.20. The van der Waals surface area contributed by atoms with Gasteiger partial charge in [0.05, 0.1) is 6.26 Å². The maximum Gasteiger partial charge on any atom is 0.258 e. The maximum absolute atomic E-state index is 11.9. The number of nitrogens with one attached hydrogen (secondary N) is 1. The summed E-state index contributed by atoms with van der Waals surface area (Å²) in [5.74, 6) is -0.991. The van der Waals surface area contributed by atoms with Gasteiger partial charge >= 0.3 is 0 Å². The number of benzene rings is 2. The number of hydrogen-bond donors (Lipinski definition) is 3. The lowest BCUT2D eigenvalue weighted by molar-refractivity contribution is -0.133. The summed E-state index contributed by atoms with van der Waals surface area (Å²) in [5.41, 5.74) is 3.80. The molecule has 0 aromatic heterocycles. The van der Waals surface area contributed by atoms with Crippen molar-refractivity contribution in [3.05, 3.63) is 64.7 Å². The second-order valence-electron chi connectivity index (χ2n) is 5.01. The fourth-order valence-corrected chi connectivity index (χ4v) is 3.07. The van der Waals surface area contributed by atoms with Crippen molar-refractivity contribution in [2.45, 2.75) is 5.60 Å². The van der Waals surface area contributed by atoms with E-state index in [0.717, 1.165) is 6.26 Å². The molecule has 122 valence electrons. The molecule has 1 unspecified atom stereocenters. The second-order valence-corrected chi connectivity index (χ2v) is 7.17. The number of anilines is 1. The van der Waals surface area contributed by atoms with Gasteiger partial charge in [-0.1, -0.05) is 48.0 Å². The molecule has 2 aromatic carbocycles. The molecule has 23 heavy (non-hydrogen) atoms. The van der Waals surface area contributed by atoms with E-state index < -0.39 is 21.5 Å². The molecule has 6 nitrogen and oxygen atoms in total. The van der Waals surface area contributed by atoms with Crippen LogP contribution < -0.4 is 10.5 Å². The molecule has 0 aliphatic rings. The van der Waals surface area contributed by atoms with E-state index in [4.69, 9.17) is 17.3 Å². The summed E-state index contributed by atoms with van der Waals surface area (Å²) >= 11 is 6.13. The van der Waals surface area contributed by atoms with Crippen LogP contribution in [0.5, 0.6) is 0 Å². The molecular formula is C15H15ClN2O4S. The van der Waals surface area contributed by atoms with Crippen molar-refractivity contribution < 1.29 is 18.3 Å². The number of sulfonamides is 1. The van der Waals surface area contributed by atoms with Crippen LogP contribution in [-0.2, 0) is 20.4 Å². The molecule has 0 saturated heterocycles. The lowest BCUT2D eigenvalue weighted by Gasteiger charge is -2.27. The minimum atomic E-state index is -3.47. The number of halogens is 1. The van der Waals surface area contributed by atoms with E-state index in [1.54, 1.807) is 30.3 Å². The van der Waals surface area contributed by atoms with Gasteiger partial charge in [0.1, 0.15) is 0 Å². The van der Waals surface area contributed by atoms with Crippen LogP contribution in [0.25, 0.3) is 0 Å². The van der Waals surface area contributed by atoms with Crippen molar-refractivity contribution in [3.63, 3.8) is 0 Å². The largest absolute Gasteiger partial charge is 0.372 e. The van der Waals surface area contributed by atoms with Crippen LogP contribution in [-0.4, -0.2) is 25.7 Å². The van der Waals surface area contributed by atoms with Gasteiger partial charge < -0.3 is 10.8 Å². The molecule has 0 saturated carbocycles. The first-order valence-electron chi connectivity index (χ1n) is 6.50. The monoisotopic (exact) mass is 354 g/mol. The number of rotatable bonds is 5. The van der Waals surface area contributed by atoms with E-state index >= 15 is 0 Å². The Morgan fingerprint density at radius 1 is 1.22 bits per heavy atom. The third-order valence-corrected chi connectivity index (χ3v) is 4.13. The third-order valence-electron chi connectivity index (χ3n) is 3.21. The van der Waals surface area contributed by atoms with Crippen LogP contribution in [0.3, 0.4) is 0 Å². The van der Waals surface area contributed by atoms with Gasteiger partial charge in [-0.2, -0.15) is 0 Å². The highest BCUT2D eigenvalue weighted by molar-refractivity contribution is 7.92. The number of hydrogen-bond acceptors (Lipinski definition) is 4. The van der Waals surface area contributed by atoms with Crippen LogP contribution in [0.15, 0.2) is 48.5 Å². The van der Waals surface area contributed by atoms with Crippen LogP contribution in [0.4, 0.5) is 5.69 Å². The summed E-state index contributed by atoms with van der Waals surface area (Å²) in [6.45, 7) is 0. The van der Waals surface area contributed by atoms with Crippen LogP contribution in [0.2, 0.25) is 5.02 Å². The predicted octanol–water partition coefficient (Wildman–Crippen LogP) is 1.43. The number of primary amides is 1. The molecule has 4 N–H and O–H groups in total. The zero-order valence-corrected chi connectivity index (χ0v) is 13.7. The first kappa shape index (κ1) is 17.3. The molecule has 0 aliphatic carbocycles. The van der Waals surface area contributed by atoms with Crippen molar-refractivity contribution >= 4 is 33.2 Å². The van der Waals surface area contributed by atoms with Crippen LogP contribution in [0.1, 0.15) is 11.1 Å². The average Bonchev–Trinajstić information content (AvgIpc) is 2.45. The van der Waals surface area contributed by atoms with Crippen LogP contribution >= 0.6 is 11.6 Å². The number of aliphatic hydroxyl groups is 1. The number of carbonyl (C=O) groups excluding carboxylic acids is 1. The van der Waals surface area contributed by atoms with E-state index in [1.807, 2.05) is 0 Å². The quantitative estimate of drug-likeness (QED) is 0.754. The summed E-state index contributed by atoms with van der Waals surface area (Å²) < 4.78 is 24.8. The normalized spacial score (nSPS) is 14.0. The van der Waals surface area contributed by atoms with Crippen molar-refractivity contribution in [2.24, 2.45) is 5.73 Å². The minimum absolute atomic E-state index is 0.00352. The Morgan fingerprint density at radius 3 is 2.30 bits per heavy atom. The Morgan fingerprint density at radius 2 is 1.83 bits per heavy atom. The van der Waals surface area contributed by atoms with E-state index in [0.29, 0.717) is 0 Å². The van der Waals surface area contributed by atoms with Gasteiger partial charge in [0.15, 0.2) is 5.60 Å². The molecule has 0 radical (unpaired) electrons. The van der Waals surface area contributed by atoms with E-state index in [9.17, 15) is 18.3 Å². The molecule has 0 spiro atoms. The fraction of sp³-hybridized carbons (Fsp3) is 0.133. The molecular weight excluding hydrogens is 340 g/mol. The van der Waals surface area contributed by atoms with Gasteiger partial charge in [0.2, 0.25) is 10.0 Å². The van der Waals surface area contributed by atoms with Crippen molar-refractivity contribution in [3.8, 4) is 0 Å². The highest BCUT2D eigenvalue weighted by atomic mass is 35.5. The first-order valence-corrected chi connectivity index (χ1v) is 8.77. The van der Waals surface area contributed by atoms with Crippen molar-refractivity contribution in [1.82, 2.24) is 0 Å². The number of nitrogens with two attached hydrogens (primary N) is 1. The summed E-state index contributed by atoms with van der Waals surface area (Å²) in [7, 11) is -3.47. The Kier molecular flexibility index (Phi) is 4.65. The zero-order valence-electron chi connectivity index (χ0n) is 12.2.